The van der Waals surface area contributed by atoms with Gasteiger partial charge >= 0.3 is 6.03 Å². The van der Waals surface area contributed by atoms with Crippen LogP contribution in [-0.4, -0.2) is 36.0 Å². The average Bonchev–Trinajstić information content (AvgIpc) is 2.85. The van der Waals surface area contributed by atoms with Gasteiger partial charge in [0.25, 0.3) is 5.91 Å². The second-order valence-corrected chi connectivity index (χ2v) is 6.12. The fraction of sp³-hybridized carbons (Fsp3) is 0.529. The fourth-order valence-electron chi connectivity index (χ4n) is 3.28. The summed E-state index contributed by atoms with van der Waals surface area (Å²) in [5, 5.41) is 5.88. The summed E-state index contributed by atoms with van der Waals surface area (Å²) in [6.07, 6.45) is 5.83. The van der Waals surface area contributed by atoms with Crippen molar-refractivity contribution in [2.75, 3.05) is 13.1 Å². The maximum atomic E-state index is 12.2. The van der Waals surface area contributed by atoms with Crippen molar-refractivity contribution in [1.29, 1.82) is 0 Å². The highest BCUT2D eigenvalue weighted by atomic mass is 16.2. The lowest BCUT2D eigenvalue weighted by Gasteiger charge is -2.23. The van der Waals surface area contributed by atoms with Crippen molar-refractivity contribution in [3.05, 3.63) is 35.4 Å². The number of hydrogen-bond acceptors (Lipinski definition) is 2. The van der Waals surface area contributed by atoms with Gasteiger partial charge in [-0.1, -0.05) is 37.5 Å². The Morgan fingerprint density at radius 3 is 2.73 bits per heavy atom. The predicted octanol–water partition coefficient (Wildman–Crippen LogP) is 2.27. The number of rotatable bonds is 4. The van der Waals surface area contributed by atoms with E-state index in [1.54, 1.807) is 4.90 Å². The van der Waals surface area contributed by atoms with E-state index in [4.69, 9.17) is 0 Å². The van der Waals surface area contributed by atoms with Crippen LogP contribution in [0.1, 0.15) is 48.0 Å². The van der Waals surface area contributed by atoms with E-state index in [0.717, 1.165) is 24.0 Å². The Morgan fingerprint density at radius 2 is 1.95 bits per heavy atom. The zero-order chi connectivity index (χ0) is 15.4. The molecule has 3 amide bonds. The zero-order valence-electron chi connectivity index (χ0n) is 12.8. The van der Waals surface area contributed by atoms with E-state index >= 15 is 0 Å². The van der Waals surface area contributed by atoms with Crippen LogP contribution in [0.4, 0.5) is 4.79 Å². The minimum absolute atomic E-state index is 0.0603. The summed E-state index contributed by atoms with van der Waals surface area (Å²) in [6, 6.07) is 7.88. The van der Waals surface area contributed by atoms with Crippen LogP contribution < -0.4 is 10.6 Å². The first-order valence-electron chi connectivity index (χ1n) is 8.15. The molecule has 0 aromatic heterocycles. The normalized spacial score (nSPS) is 18.2. The highest BCUT2D eigenvalue weighted by molar-refractivity contribution is 5.98. The van der Waals surface area contributed by atoms with Crippen LogP contribution in [-0.2, 0) is 6.54 Å². The lowest BCUT2D eigenvalue weighted by Crippen LogP contribution is -2.45. The van der Waals surface area contributed by atoms with Crippen LogP contribution >= 0.6 is 0 Å². The molecule has 1 aliphatic carbocycles. The molecule has 5 nitrogen and oxygen atoms in total. The van der Waals surface area contributed by atoms with Gasteiger partial charge in [-0.2, -0.15) is 0 Å². The first-order valence-corrected chi connectivity index (χ1v) is 8.15. The summed E-state index contributed by atoms with van der Waals surface area (Å²) in [7, 11) is 0. The summed E-state index contributed by atoms with van der Waals surface area (Å²) < 4.78 is 0. The van der Waals surface area contributed by atoms with E-state index in [1.807, 2.05) is 24.3 Å². The van der Waals surface area contributed by atoms with Crippen LogP contribution in [0.3, 0.4) is 0 Å². The Balaban J connectivity index is 1.40. The molecule has 3 rings (SSSR count). The minimum atomic E-state index is -0.115. The molecule has 2 aliphatic rings. The smallest absolute Gasteiger partial charge is 0.315 e. The molecular formula is C17H23N3O2. The molecule has 0 bridgehead atoms. The number of nitrogens with zero attached hydrogens (tertiary/aromatic N) is 1. The van der Waals surface area contributed by atoms with Crippen LogP contribution in [0.25, 0.3) is 0 Å². The summed E-state index contributed by atoms with van der Waals surface area (Å²) in [6.45, 7) is 1.67. The number of carbonyl (C=O) groups excluding carboxylic acids is 2. The maximum Gasteiger partial charge on any atom is 0.315 e. The van der Waals surface area contributed by atoms with Gasteiger partial charge in [-0.3, -0.25) is 4.79 Å². The molecule has 0 atom stereocenters. The van der Waals surface area contributed by atoms with Gasteiger partial charge in [0.1, 0.15) is 0 Å². The largest absolute Gasteiger partial charge is 0.336 e. The van der Waals surface area contributed by atoms with Crippen molar-refractivity contribution in [3.8, 4) is 0 Å². The van der Waals surface area contributed by atoms with Crippen LogP contribution in [0, 0.1) is 0 Å². The van der Waals surface area contributed by atoms with Gasteiger partial charge in [0.15, 0.2) is 0 Å². The molecule has 0 spiro atoms. The van der Waals surface area contributed by atoms with E-state index in [2.05, 4.69) is 10.6 Å². The quantitative estimate of drug-likeness (QED) is 0.896. The molecule has 5 heteroatoms. The SMILES string of the molecule is O=C(NCCN1Cc2ccccc2C1=O)NC1CCCCC1. The van der Waals surface area contributed by atoms with E-state index in [-0.39, 0.29) is 11.9 Å². The first kappa shape index (κ1) is 14.9. The Labute approximate surface area is 131 Å². The highest BCUT2D eigenvalue weighted by Crippen LogP contribution is 2.21. The second-order valence-electron chi connectivity index (χ2n) is 6.12. The number of hydrogen-bond donors (Lipinski definition) is 2. The number of benzene rings is 1. The summed E-state index contributed by atoms with van der Waals surface area (Å²) in [4.78, 5) is 25.8. The summed E-state index contributed by atoms with van der Waals surface area (Å²) in [5.74, 6) is 0.0603. The second kappa shape index (κ2) is 6.81. The molecule has 0 saturated heterocycles. The van der Waals surface area contributed by atoms with Crippen molar-refractivity contribution in [1.82, 2.24) is 15.5 Å². The van der Waals surface area contributed by atoms with E-state index in [1.165, 1.54) is 19.3 Å². The van der Waals surface area contributed by atoms with Crippen molar-refractivity contribution in [2.24, 2.45) is 0 Å². The van der Waals surface area contributed by atoms with Gasteiger partial charge in [-0.15, -0.1) is 0 Å². The van der Waals surface area contributed by atoms with E-state index < -0.39 is 0 Å². The molecule has 1 fully saturated rings. The monoisotopic (exact) mass is 301 g/mol. The average molecular weight is 301 g/mol. The number of nitrogens with one attached hydrogen (secondary N) is 2. The molecule has 1 aromatic carbocycles. The molecule has 118 valence electrons. The van der Waals surface area contributed by atoms with Gasteiger partial charge in [0, 0.05) is 31.2 Å². The maximum absolute atomic E-state index is 12.2. The molecular weight excluding hydrogens is 278 g/mol. The van der Waals surface area contributed by atoms with Gasteiger partial charge in [0.05, 0.1) is 0 Å². The summed E-state index contributed by atoms with van der Waals surface area (Å²) >= 11 is 0. The molecule has 1 heterocycles. The molecule has 1 aromatic rings. The number of urea groups is 1. The van der Waals surface area contributed by atoms with E-state index in [9.17, 15) is 9.59 Å². The van der Waals surface area contributed by atoms with Gasteiger partial charge in [-0.05, 0) is 24.5 Å². The number of fused-ring (bicyclic) bond motifs is 1. The Hall–Kier alpha value is -2.04. The van der Waals surface area contributed by atoms with Gasteiger partial charge < -0.3 is 15.5 Å². The highest BCUT2D eigenvalue weighted by Gasteiger charge is 2.26. The Bertz CT molecular complexity index is 553. The predicted molar refractivity (Wildman–Crippen MR) is 84.6 cm³/mol. The van der Waals surface area contributed by atoms with Crippen molar-refractivity contribution >= 4 is 11.9 Å². The van der Waals surface area contributed by atoms with Gasteiger partial charge in [0.2, 0.25) is 0 Å². The number of carbonyl (C=O) groups is 2. The number of amides is 3. The van der Waals surface area contributed by atoms with Crippen molar-refractivity contribution in [2.45, 2.75) is 44.7 Å². The summed E-state index contributed by atoms with van der Waals surface area (Å²) in [5.41, 5.74) is 1.85. The van der Waals surface area contributed by atoms with Crippen LogP contribution in [0.5, 0.6) is 0 Å². The zero-order valence-corrected chi connectivity index (χ0v) is 12.8. The topological polar surface area (TPSA) is 61.4 Å². The minimum Gasteiger partial charge on any atom is -0.336 e. The first-order chi connectivity index (χ1) is 10.7. The lowest BCUT2D eigenvalue weighted by atomic mass is 9.96. The molecule has 1 aliphatic heterocycles. The molecule has 0 unspecified atom stereocenters. The fourth-order valence-corrected chi connectivity index (χ4v) is 3.28. The van der Waals surface area contributed by atoms with Crippen molar-refractivity contribution < 1.29 is 9.59 Å². The Morgan fingerprint density at radius 1 is 1.18 bits per heavy atom. The third-order valence-corrected chi connectivity index (χ3v) is 4.50. The lowest BCUT2D eigenvalue weighted by molar-refractivity contribution is 0.0780. The Kier molecular flexibility index (Phi) is 4.61. The standard InChI is InChI=1S/C17H23N3O2/c21-16-15-9-5-4-6-13(15)12-20(16)11-10-18-17(22)19-14-7-2-1-3-8-14/h4-6,9,14H,1-3,7-8,10-12H2,(H2,18,19,22). The molecule has 1 saturated carbocycles. The molecule has 22 heavy (non-hydrogen) atoms. The molecule has 2 N–H and O–H groups in total. The third kappa shape index (κ3) is 3.40. The van der Waals surface area contributed by atoms with Crippen LogP contribution in [0.2, 0.25) is 0 Å². The van der Waals surface area contributed by atoms with Crippen molar-refractivity contribution in [3.63, 3.8) is 0 Å². The third-order valence-electron chi connectivity index (χ3n) is 4.50. The van der Waals surface area contributed by atoms with Gasteiger partial charge in [-0.25, -0.2) is 4.79 Å². The molecule has 0 radical (unpaired) electrons. The van der Waals surface area contributed by atoms with Crippen LogP contribution in [0.15, 0.2) is 24.3 Å². The van der Waals surface area contributed by atoms with E-state index in [0.29, 0.717) is 25.7 Å².